The van der Waals surface area contributed by atoms with Crippen LogP contribution in [0.3, 0.4) is 0 Å². The molecule has 1 aromatic heterocycles. The third-order valence-corrected chi connectivity index (χ3v) is 2.55. The molecule has 0 aliphatic carbocycles. The van der Waals surface area contributed by atoms with Gasteiger partial charge in [0.2, 0.25) is 0 Å². The van der Waals surface area contributed by atoms with Gasteiger partial charge in [-0.15, -0.1) is 0 Å². The molecule has 7 heteroatoms. The molecule has 3 N–H and O–H groups in total. The topological polar surface area (TPSA) is 63.8 Å². The monoisotopic (exact) mass is 242 g/mol. The quantitative estimate of drug-likeness (QED) is 0.630. The molecule has 1 aromatic carbocycles. The molecule has 0 aliphatic rings. The minimum atomic E-state index is -0.654. The van der Waals surface area contributed by atoms with E-state index in [2.05, 4.69) is 14.2 Å². The first-order valence-electron chi connectivity index (χ1n) is 4.40. The Balaban J connectivity index is 2.41. The maximum atomic E-state index is 13.0. The van der Waals surface area contributed by atoms with Crippen LogP contribution in [0.1, 0.15) is 17.3 Å². The highest BCUT2D eigenvalue weighted by Gasteiger charge is 2.16. The molecule has 0 saturated carbocycles. The molecule has 0 saturated heterocycles. The Labute approximate surface area is 94.4 Å². The Bertz CT molecular complexity index is 454. The van der Waals surface area contributed by atoms with Gasteiger partial charge < -0.3 is 0 Å². The molecule has 0 aliphatic heterocycles. The average molecular weight is 242 g/mol. The van der Waals surface area contributed by atoms with Crippen LogP contribution in [0.15, 0.2) is 24.4 Å². The third kappa shape index (κ3) is 2.21. The van der Waals surface area contributed by atoms with Gasteiger partial charge in [0.25, 0.3) is 0 Å². The van der Waals surface area contributed by atoms with E-state index in [-0.39, 0.29) is 0 Å². The minimum Gasteiger partial charge on any atom is -0.271 e. The lowest BCUT2D eigenvalue weighted by Crippen LogP contribution is -2.29. The van der Waals surface area contributed by atoms with Crippen molar-refractivity contribution < 1.29 is 8.78 Å². The maximum Gasteiger partial charge on any atom is 0.126 e. The second kappa shape index (κ2) is 4.60. The predicted octanol–water partition coefficient (Wildman–Crippen LogP) is 1.37. The Hall–Kier alpha value is -1.44. The molecule has 4 nitrogen and oxygen atoms in total. The van der Waals surface area contributed by atoms with Gasteiger partial charge in [0, 0.05) is 6.07 Å². The van der Waals surface area contributed by atoms with Crippen molar-refractivity contribution in [2.75, 3.05) is 0 Å². The zero-order valence-electron chi connectivity index (χ0n) is 8.02. The van der Waals surface area contributed by atoms with Crippen LogP contribution in [-0.4, -0.2) is 8.75 Å². The van der Waals surface area contributed by atoms with Crippen molar-refractivity contribution in [1.29, 1.82) is 0 Å². The number of benzene rings is 1. The Kier molecular flexibility index (Phi) is 3.18. The number of rotatable bonds is 3. The van der Waals surface area contributed by atoms with E-state index in [9.17, 15) is 8.78 Å². The van der Waals surface area contributed by atoms with Crippen molar-refractivity contribution in [2.45, 2.75) is 6.04 Å². The summed E-state index contributed by atoms with van der Waals surface area (Å²) in [5, 5.41) is 0. The lowest BCUT2D eigenvalue weighted by Gasteiger charge is -2.13. The summed E-state index contributed by atoms with van der Waals surface area (Å²) >= 11 is 1.00. The number of hydrazine groups is 1. The molecule has 84 valence electrons. The molecule has 16 heavy (non-hydrogen) atoms. The lowest BCUT2D eigenvalue weighted by molar-refractivity contribution is 0.564. The van der Waals surface area contributed by atoms with E-state index in [1.165, 1.54) is 18.3 Å². The second-order valence-electron chi connectivity index (χ2n) is 3.13. The number of aromatic nitrogens is 2. The number of halogens is 2. The van der Waals surface area contributed by atoms with E-state index < -0.39 is 17.7 Å². The molecule has 0 bridgehead atoms. The van der Waals surface area contributed by atoms with E-state index in [1.54, 1.807) is 0 Å². The highest BCUT2D eigenvalue weighted by atomic mass is 32.1. The highest BCUT2D eigenvalue weighted by Crippen LogP contribution is 2.21. The molecular weight excluding hydrogens is 234 g/mol. The normalized spacial score (nSPS) is 12.7. The van der Waals surface area contributed by atoms with Gasteiger partial charge >= 0.3 is 0 Å². The van der Waals surface area contributed by atoms with E-state index in [1.807, 2.05) is 0 Å². The fourth-order valence-corrected chi connectivity index (χ4v) is 1.84. The Morgan fingerprint density at radius 2 is 1.94 bits per heavy atom. The van der Waals surface area contributed by atoms with Crippen molar-refractivity contribution in [2.24, 2.45) is 5.84 Å². The summed E-state index contributed by atoms with van der Waals surface area (Å²) in [6, 6.07) is 2.64. The summed E-state index contributed by atoms with van der Waals surface area (Å²) in [7, 11) is 0. The van der Waals surface area contributed by atoms with Gasteiger partial charge in [-0.3, -0.25) is 5.84 Å². The summed E-state index contributed by atoms with van der Waals surface area (Å²) < 4.78 is 33.8. The largest absolute Gasteiger partial charge is 0.271 e. The van der Waals surface area contributed by atoms with Crippen molar-refractivity contribution in [3.63, 3.8) is 0 Å². The molecule has 2 rings (SSSR count). The molecular formula is C9H8F2N4S. The average Bonchev–Trinajstić information content (AvgIpc) is 2.70. The summed E-state index contributed by atoms with van der Waals surface area (Å²) in [5.41, 5.74) is 3.34. The second-order valence-corrected chi connectivity index (χ2v) is 3.69. The third-order valence-electron chi connectivity index (χ3n) is 2.06. The first kappa shape index (κ1) is 11.1. The number of hydrogen-bond donors (Lipinski definition) is 2. The van der Waals surface area contributed by atoms with Crippen molar-refractivity contribution >= 4 is 11.7 Å². The van der Waals surface area contributed by atoms with E-state index in [4.69, 9.17) is 5.84 Å². The smallest absolute Gasteiger partial charge is 0.126 e. The molecule has 1 unspecified atom stereocenters. The van der Waals surface area contributed by atoms with Crippen LogP contribution >= 0.6 is 11.7 Å². The van der Waals surface area contributed by atoms with Crippen LogP contribution < -0.4 is 11.3 Å². The van der Waals surface area contributed by atoms with Gasteiger partial charge in [0.15, 0.2) is 0 Å². The van der Waals surface area contributed by atoms with Crippen LogP contribution in [0.2, 0.25) is 0 Å². The Morgan fingerprint density at radius 3 is 2.44 bits per heavy atom. The van der Waals surface area contributed by atoms with Gasteiger partial charge in [-0.05, 0) is 17.7 Å². The molecule has 0 amide bonds. The number of nitrogens with zero attached hydrogens (tertiary/aromatic N) is 2. The standard InChI is InChI=1S/C9H8F2N4S/c10-6-1-5(2-7(11)3-6)9(14-12)8-4-13-16-15-8/h1-4,9,14H,12H2. The van der Waals surface area contributed by atoms with Crippen LogP contribution in [0.4, 0.5) is 8.78 Å². The highest BCUT2D eigenvalue weighted by molar-refractivity contribution is 6.99. The summed E-state index contributed by atoms with van der Waals surface area (Å²) in [6.45, 7) is 0. The Morgan fingerprint density at radius 1 is 1.25 bits per heavy atom. The number of hydrogen-bond acceptors (Lipinski definition) is 5. The summed E-state index contributed by atoms with van der Waals surface area (Å²) in [4.78, 5) is 0. The fourth-order valence-electron chi connectivity index (χ4n) is 1.39. The van der Waals surface area contributed by atoms with Crippen molar-refractivity contribution in [3.8, 4) is 0 Å². The number of nitrogens with two attached hydrogens (primary N) is 1. The van der Waals surface area contributed by atoms with Crippen molar-refractivity contribution in [1.82, 2.24) is 14.2 Å². The fraction of sp³-hybridized carbons (Fsp3) is 0.111. The summed E-state index contributed by atoms with van der Waals surface area (Å²) in [5.74, 6) is 4.03. The van der Waals surface area contributed by atoms with Crippen LogP contribution in [-0.2, 0) is 0 Å². The minimum absolute atomic E-state index is 0.368. The summed E-state index contributed by atoms with van der Waals surface area (Å²) in [6.07, 6.45) is 1.50. The zero-order chi connectivity index (χ0) is 11.5. The van der Waals surface area contributed by atoms with Crippen molar-refractivity contribution in [3.05, 3.63) is 47.3 Å². The van der Waals surface area contributed by atoms with Gasteiger partial charge in [-0.25, -0.2) is 14.2 Å². The van der Waals surface area contributed by atoms with Gasteiger partial charge in [0.1, 0.15) is 11.6 Å². The van der Waals surface area contributed by atoms with Gasteiger partial charge in [-0.1, -0.05) is 0 Å². The zero-order valence-corrected chi connectivity index (χ0v) is 8.84. The molecule has 0 fully saturated rings. The molecule has 0 radical (unpaired) electrons. The molecule has 1 heterocycles. The predicted molar refractivity (Wildman–Crippen MR) is 55.4 cm³/mol. The van der Waals surface area contributed by atoms with Crippen LogP contribution in [0.25, 0.3) is 0 Å². The van der Waals surface area contributed by atoms with Crippen LogP contribution in [0, 0.1) is 11.6 Å². The van der Waals surface area contributed by atoms with E-state index in [0.29, 0.717) is 11.3 Å². The van der Waals surface area contributed by atoms with Crippen LogP contribution in [0.5, 0.6) is 0 Å². The first-order valence-corrected chi connectivity index (χ1v) is 5.13. The maximum absolute atomic E-state index is 13.0. The molecule has 1 atom stereocenters. The number of nitrogens with one attached hydrogen (secondary N) is 1. The van der Waals surface area contributed by atoms with Gasteiger partial charge in [0.05, 0.1) is 29.7 Å². The molecule has 2 aromatic rings. The lowest BCUT2D eigenvalue weighted by atomic mass is 10.0. The van der Waals surface area contributed by atoms with E-state index >= 15 is 0 Å². The first-order chi connectivity index (χ1) is 7.70. The van der Waals surface area contributed by atoms with Gasteiger partial charge in [-0.2, -0.15) is 8.75 Å². The SMILES string of the molecule is NNC(c1cc(F)cc(F)c1)c1cnsn1. The molecule has 0 spiro atoms. The van der Waals surface area contributed by atoms with E-state index in [0.717, 1.165) is 17.8 Å².